The van der Waals surface area contributed by atoms with Crippen LogP contribution in [0.2, 0.25) is 0 Å². The minimum Gasteiger partial charge on any atom is -0.362 e. The highest BCUT2D eigenvalue weighted by Gasteiger charge is 2.12. The van der Waals surface area contributed by atoms with Gasteiger partial charge >= 0.3 is 0 Å². The van der Waals surface area contributed by atoms with Gasteiger partial charge in [-0.05, 0) is 44.9 Å². The average molecular weight is 263 g/mol. The largest absolute Gasteiger partial charge is 0.362 e. The van der Waals surface area contributed by atoms with Gasteiger partial charge in [0.2, 0.25) is 5.91 Å². The minimum absolute atomic E-state index is 0.0548. The molecule has 0 saturated carbocycles. The van der Waals surface area contributed by atoms with Crippen molar-refractivity contribution in [2.75, 3.05) is 18.0 Å². The molecule has 0 aromatic heterocycles. The first kappa shape index (κ1) is 15.5. The molecule has 1 aromatic rings. The van der Waals surface area contributed by atoms with Crippen LogP contribution in [0.4, 0.5) is 5.69 Å². The predicted molar refractivity (Wildman–Crippen MR) is 80.2 cm³/mol. The molecule has 0 bridgehead atoms. The maximum Gasteiger partial charge on any atom is 0.239 e. The molecule has 0 aliphatic heterocycles. The number of nitrogens with two attached hydrogens (primary N) is 1. The van der Waals surface area contributed by atoms with Crippen molar-refractivity contribution in [3.63, 3.8) is 0 Å². The fourth-order valence-corrected chi connectivity index (χ4v) is 2.11. The molecule has 0 spiro atoms. The SMILES string of the molecule is CCN(CC(=O)NC(C)C)c1ccc(CN)cc1C. The van der Waals surface area contributed by atoms with Crippen molar-refractivity contribution in [1.29, 1.82) is 0 Å². The molecule has 0 atom stereocenters. The number of amides is 1. The third-order valence-electron chi connectivity index (χ3n) is 3.00. The van der Waals surface area contributed by atoms with Crippen LogP contribution in [0.15, 0.2) is 18.2 Å². The lowest BCUT2D eigenvalue weighted by molar-refractivity contribution is -0.120. The normalized spacial score (nSPS) is 10.6. The van der Waals surface area contributed by atoms with Crippen LogP contribution in [0.3, 0.4) is 0 Å². The van der Waals surface area contributed by atoms with Gasteiger partial charge < -0.3 is 16.0 Å². The van der Waals surface area contributed by atoms with Crippen LogP contribution in [-0.2, 0) is 11.3 Å². The van der Waals surface area contributed by atoms with E-state index in [0.717, 1.165) is 23.4 Å². The summed E-state index contributed by atoms with van der Waals surface area (Å²) in [4.78, 5) is 13.9. The number of hydrogen-bond acceptors (Lipinski definition) is 3. The molecule has 1 aromatic carbocycles. The average Bonchev–Trinajstić information content (AvgIpc) is 2.35. The maximum atomic E-state index is 11.9. The highest BCUT2D eigenvalue weighted by Crippen LogP contribution is 2.20. The molecular weight excluding hydrogens is 238 g/mol. The van der Waals surface area contributed by atoms with E-state index >= 15 is 0 Å². The molecule has 106 valence electrons. The van der Waals surface area contributed by atoms with Gasteiger partial charge in [0.1, 0.15) is 0 Å². The Labute approximate surface area is 116 Å². The standard InChI is InChI=1S/C15H25N3O/c1-5-18(10-15(19)17-11(2)3)14-7-6-13(9-16)8-12(14)4/h6-8,11H,5,9-10,16H2,1-4H3,(H,17,19). The van der Waals surface area contributed by atoms with Crippen LogP contribution >= 0.6 is 0 Å². The summed E-state index contributed by atoms with van der Waals surface area (Å²) in [7, 11) is 0. The van der Waals surface area contributed by atoms with Gasteiger partial charge in [0.25, 0.3) is 0 Å². The van der Waals surface area contributed by atoms with Gasteiger partial charge in [-0.1, -0.05) is 12.1 Å². The topological polar surface area (TPSA) is 58.4 Å². The van der Waals surface area contributed by atoms with Crippen LogP contribution in [0.5, 0.6) is 0 Å². The Kier molecular flexibility index (Phi) is 5.83. The van der Waals surface area contributed by atoms with E-state index in [-0.39, 0.29) is 11.9 Å². The quantitative estimate of drug-likeness (QED) is 0.823. The molecule has 0 heterocycles. The van der Waals surface area contributed by atoms with E-state index in [1.54, 1.807) is 0 Å². The summed E-state index contributed by atoms with van der Waals surface area (Å²) in [6.07, 6.45) is 0. The van der Waals surface area contributed by atoms with Crippen molar-refractivity contribution in [2.24, 2.45) is 5.73 Å². The van der Waals surface area contributed by atoms with Crippen molar-refractivity contribution in [3.05, 3.63) is 29.3 Å². The predicted octanol–water partition coefficient (Wildman–Crippen LogP) is 1.80. The summed E-state index contributed by atoms with van der Waals surface area (Å²) in [6, 6.07) is 6.32. The molecule has 4 nitrogen and oxygen atoms in total. The van der Waals surface area contributed by atoms with Gasteiger partial charge in [-0.15, -0.1) is 0 Å². The van der Waals surface area contributed by atoms with E-state index in [1.807, 2.05) is 26.0 Å². The summed E-state index contributed by atoms with van der Waals surface area (Å²) in [5, 5.41) is 2.92. The van der Waals surface area contributed by atoms with Gasteiger partial charge in [0.05, 0.1) is 6.54 Å². The highest BCUT2D eigenvalue weighted by atomic mass is 16.2. The van der Waals surface area contributed by atoms with E-state index in [0.29, 0.717) is 13.1 Å². The molecule has 19 heavy (non-hydrogen) atoms. The van der Waals surface area contributed by atoms with E-state index in [1.165, 1.54) is 0 Å². The number of hydrogen-bond donors (Lipinski definition) is 2. The zero-order valence-corrected chi connectivity index (χ0v) is 12.4. The van der Waals surface area contributed by atoms with E-state index in [9.17, 15) is 4.79 Å². The molecule has 0 fully saturated rings. The number of likely N-dealkylation sites (N-methyl/N-ethyl adjacent to an activating group) is 1. The van der Waals surface area contributed by atoms with Gasteiger partial charge in [0, 0.05) is 24.8 Å². The Morgan fingerprint density at radius 1 is 1.42 bits per heavy atom. The summed E-state index contributed by atoms with van der Waals surface area (Å²) >= 11 is 0. The molecule has 1 rings (SSSR count). The highest BCUT2D eigenvalue weighted by molar-refractivity contribution is 5.81. The van der Waals surface area contributed by atoms with Gasteiger partial charge in [-0.25, -0.2) is 0 Å². The lowest BCUT2D eigenvalue weighted by Crippen LogP contribution is -2.40. The zero-order chi connectivity index (χ0) is 14.4. The van der Waals surface area contributed by atoms with E-state index < -0.39 is 0 Å². The second kappa shape index (κ2) is 7.14. The molecule has 1 amide bonds. The molecule has 0 aliphatic carbocycles. The number of rotatable bonds is 6. The summed E-state index contributed by atoms with van der Waals surface area (Å²) in [6.45, 7) is 9.77. The van der Waals surface area contributed by atoms with Crippen molar-refractivity contribution in [3.8, 4) is 0 Å². The Bertz CT molecular complexity index is 429. The Morgan fingerprint density at radius 3 is 2.58 bits per heavy atom. The summed E-state index contributed by atoms with van der Waals surface area (Å²) in [5.41, 5.74) is 9.00. The van der Waals surface area contributed by atoms with E-state index in [2.05, 4.69) is 30.1 Å². The first-order valence-corrected chi connectivity index (χ1v) is 6.81. The van der Waals surface area contributed by atoms with Crippen molar-refractivity contribution < 1.29 is 4.79 Å². The molecule has 4 heteroatoms. The molecule has 0 unspecified atom stereocenters. The van der Waals surface area contributed by atoms with Crippen LogP contribution < -0.4 is 16.0 Å². The number of anilines is 1. The number of carbonyl (C=O) groups is 1. The Hall–Kier alpha value is -1.55. The lowest BCUT2D eigenvalue weighted by atomic mass is 10.1. The van der Waals surface area contributed by atoms with E-state index in [4.69, 9.17) is 5.73 Å². The lowest BCUT2D eigenvalue weighted by Gasteiger charge is -2.25. The second-order valence-electron chi connectivity index (χ2n) is 5.06. The minimum atomic E-state index is 0.0548. The number of nitrogens with zero attached hydrogens (tertiary/aromatic N) is 1. The number of aryl methyl sites for hydroxylation is 1. The second-order valence-corrected chi connectivity index (χ2v) is 5.06. The number of nitrogens with one attached hydrogen (secondary N) is 1. The molecule has 3 N–H and O–H groups in total. The van der Waals surface area contributed by atoms with Crippen molar-refractivity contribution in [2.45, 2.75) is 40.3 Å². The number of carbonyl (C=O) groups excluding carboxylic acids is 1. The molecular formula is C15H25N3O. The first-order valence-electron chi connectivity index (χ1n) is 6.81. The summed E-state index contributed by atoms with van der Waals surface area (Å²) < 4.78 is 0. The smallest absolute Gasteiger partial charge is 0.239 e. The maximum absolute atomic E-state index is 11.9. The first-order chi connectivity index (χ1) is 8.97. The van der Waals surface area contributed by atoms with Crippen LogP contribution in [-0.4, -0.2) is 25.0 Å². The van der Waals surface area contributed by atoms with Gasteiger partial charge in [-0.3, -0.25) is 4.79 Å². The third-order valence-corrected chi connectivity index (χ3v) is 3.00. The zero-order valence-electron chi connectivity index (χ0n) is 12.4. The third kappa shape index (κ3) is 4.56. The van der Waals surface area contributed by atoms with Crippen LogP contribution in [0.1, 0.15) is 31.9 Å². The fourth-order valence-electron chi connectivity index (χ4n) is 2.11. The van der Waals surface area contributed by atoms with Crippen LogP contribution in [0, 0.1) is 6.92 Å². The summed E-state index contributed by atoms with van der Waals surface area (Å²) in [5.74, 6) is 0.0548. The van der Waals surface area contributed by atoms with Crippen molar-refractivity contribution in [1.82, 2.24) is 5.32 Å². The Balaban J connectivity index is 2.82. The molecule has 0 radical (unpaired) electrons. The molecule has 0 aliphatic rings. The Morgan fingerprint density at radius 2 is 2.11 bits per heavy atom. The monoisotopic (exact) mass is 263 g/mol. The fraction of sp³-hybridized carbons (Fsp3) is 0.533. The van der Waals surface area contributed by atoms with Crippen molar-refractivity contribution >= 4 is 11.6 Å². The van der Waals surface area contributed by atoms with Gasteiger partial charge in [0.15, 0.2) is 0 Å². The van der Waals surface area contributed by atoms with Crippen LogP contribution in [0.25, 0.3) is 0 Å². The molecule has 0 saturated heterocycles. The number of benzene rings is 1. The van der Waals surface area contributed by atoms with Gasteiger partial charge in [-0.2, -0.15) is 0 Å².